The number of rotatable bonds is 6. The van der Waals surface area contributed by atoms with Crippen molar-refractivity contribution in [2.75, 3.05) is 6.54 Å². The van der Waals surface area contributed by atoms with Gasteiger partial charge in [-0.15, -0.1) is 11.3 Å². The van der Waals surface area contributed by atoms with Gasteiger partial charge < -0.3 is 4.90 Å². The summed E-state index contributed by atoms with van der Waals surface area (Å²) in [5.74, 6) is 1.82. The molecule has 1 aliphatic carbocycles. The van der Waals surface area contributed by atoms with Crippen molar-refractivity contribution in [2.45, 2.75) is 58.7 Å². The van der Waals surface area contributed by atoms with E-state index in [0.29, 0.717) is 11.8 Å². The first-order valence-corrected chi connectivity index (χ1v) is 9.04. The van der Waals surface area contributed by atoms with Crippen LogP contribution in [0.1, 0.15) is 55.5 Å². The van der Waals surface area contributed by atoms with Crippen molar-refractivity contribution in [3.8, 4) is 0 Å². The summed E-state index contributed by atoms with van der Waals surface area (Å²) in [5, 5.41) is 3.59. The third-order valence-corrected chi connectivity index (χ3v) is 5.89. The third kappa shape index (κ3) is 3.16. The Labute approximate surface area is 131 Å². The molecule has 1 aromatic heterocycles. The van der Waals surface area contributed by atoms with Gasteiger partial charge >= 0.3 is 0 Å². The molecular weight excluding hydrogens is 280 g/mol. The van der Waals surface area contributed by atoms with Gasteiger partial charge in [0.05, 0.1) is 6.04 Å². The summed E-state index contributed by atoms with van der Waals surface area (Å²) in [6.07, 6.45) is 4.61. The summed E-state index contributed by atoms with van der Waals surface area (Å²) >= 11 is 1.81. The summed E-state index contributed by atoms with van der Waals surface area (Å²) in [6, 6.07) is 4.35. The maximum absolute atomic E-state index is 12.7. The molecule has 21 heavy (non-hydrogen) atoms. The van der Waals surface area contributed by atoms with Gasteiger partial charge in [-0.25, -0.2) is 0 Å². The van der Waals surface area contributed by atoms with Crippen LogP contribution >= 0.6 is 11.3 Å². The van der Waals surface area contributed by atoms with E-state index < -0.39 is 0 Å². The molecule has 1 aliphatic heterocycles. The van der Waals surface area contributed by atoms with E-state index in [-0.39, 0.29) is 12.2 Å². The predicted molar refractivity (Wildman–Crippen MR) is 87.2 cm³/mol. The second-order valence-electron chi connectivity index (χ2n) is 6.68. The van der Waals surface area contributed by atoms with E-state index in [2.05, 4.69) is 43.1 Å². The van der Waals surface area contributed by atoms with Crippen LogP contribution in [0.25, 0.3) is 0 Å². The maximum atomic E-state index is 12.7. The fourth-order valence-corrected chi connectivity index (χ4v) is 4.18. The number of thiophene rings is 1. The smallest absolute Gasteiger partial charge is 0.241 e. The first-order valence-electron chi connectivity index (χ1n) is 8.23. The molecule has 4 atom stereocenters. The van der Waals surface area contributed by atoms with Gasteiger partial charge in [0.15, 0.2) is 0 Å². The van der Waals surface area contributed by atoms with Crippen LogP contribution in [-0.2, 0) is 4.79 Å². The Bertz CT molecular complexity index is 513. The molecule has 2 heterocycles. The Morgan fingerprint density at radius 2 is 2.19 bits per heavy atom. The van der Waals surface area contributed by atoms with Gasteiger partial charge in [0.25, 0.3) is 0 Å². The van der Waals surface area contributed by atoms with E-state index in [4.69, 9.17) is 0 Å². The van der Waals surface area contributed by atoms with Crippen molar-refractivity contribution in [3.63, 3.8) is 0 Å². The molecule has 4 unspecified atom stereocenters. The van der Waals surface area contributed by atoms with Gasteiger partial charge in [0.2, 0.25) is 5.91 Å². The van der Waals surface area contributed by atoms with Crippen LogP contribution in [0.5, 0.6) is 0 Å². The van der Waals surface area contributed by atoms with Crippen molar-refractivity contribution >= 4 is 17.2 Å². The number of aryl methyl sites for hydroxylation is 1. The highest BCUT2D eigenvalue weighted by Gasteiger charge is 2.44. The lowest BCUT2D eigenvalue weighted by Crippen LogP contribution is -2.33. The van der Waals surface area contributed by atoms with E-state index in [1.807, 2.05) is 11.3 Å². The molecule has 1 N–H and O–H groups in total. The minimum atomic E-state index is 0.0198. The number of carbonyl (C=O) groups excluding carboxylic acids is 1. The van der Waals surface area contributed by atoms with Crippen LogP contribution in [0, 0.1) is 18.8 Å². The zero-order valence-corrected chi connectivity index (χ0v) is 14.1. The largest absolute Gasteiger partial charge is 0.320 e. The van der Waals surface area contributed by atoms with Crippen molar-refractivity contribution in [1.29, 1.82) is 0 Å². The van der Waals surface area contributed by atoms with Crippen LogP contribution < -0.4 is 5.32 Å². The molecule has 0 bridgehead atoms. The van der Waals surface area contributed by atoms with Gasteiger partial charge in [-0.1, -0.05) is 26.7 Å². The zero-order valence-electron chi connectivity index (χ0n) is 13.3. The fraction of sp³-hybridized carbons (Fsp3) is 0.706. The van der Waals surface area contributed by atoms with Crippen LogP contribution in [0.2, 0.25) is 0 Å². The summed E-state index contributed by atoms with van der Waals surface area (Å²) in [4.78, 5) is 17.5. The number of unbranched alkanes of at least 4 members (excludes halogenated alkanes) is 1. The molecule has 2 fully saturated rings. The second-order valence-corrected chi connectivity index (χ2v) is 8.00. The summed E-state index contributed by atoms with van der Waals surface area (Å²) in [6.45, 7) is 7.53. The van der Waals surface area contributed by atoms with Gasteiger partial charge in [0, 0.05) is 16.3 Å². The number of carbonyl (C=O) groups is 1. The van der Waals surface area contributed by atoms with E-state index in [9.17, 15) is 4.79 Å². The third-order valence-electron chi connectivity index (χ3n) is 4.84. The molecule has 2 aliphatic rings. The van der Waals surface area contributed by atoms with Crippen molar-refractivity contribution in [1.82, 2.24) is 10.2 Å². The summed E-state index contributed by atoms with van der Waals surface area (Å²) in [7, 11) is 0. The predicted octanol–water partition coefficient (Wildman–Crippen LogP) is 3.70. The Morgan fingerprint density at radius 1 is 1.43 bits per heavy atom. The van der Waals surface area contributed by atoms with Crippen molar-refractivity contribution in [3.05, 3.63) is 21.9 Å². The van der Waals surface area contributed by atoms with E-state index in [0.717, 1.165) is 31.7 Å². The van der Waals surface area contributed by atoms with Gasteiger partial charge in [0.1, 0.15) is 6.17 Å². The molecule has 1 aromatic rings. The van der Waals surface area contributed by atoms with Gasteiger partial charge in [-0.2, -0.15) is 0 Å². The average molecular weight is 306 g/mol. The van der Waals surface area contributed by atoms with Crippen LogP contribution in [-0.4, -0.2) is 23.4 Å². The number of nitrogens with one attached hydrogen (secondary N) is 1. The summed E-state index contributed by atoms with van der Waals surface area (Å²) in [5.41, 5.74) is 0. The molecule has 0 aromatic carbocycles. The van der Waals surface area contributed by atoms with Crippen LogP contribution in [0.15, 0.2) is 12.1 Å². The molecule has 3 nitrogen and oxygen atoms in total. The Kier molecular flexibility index (Phi) is 4.36. The molecule has 116 valence electrons. The summed E-state index contributed by atoms with van der Waals surface area (Å²) < 4.78 is 0. The molecule has 1 amide bonds. The lowest BCUT2D eigenvalue weighted by molar-refractivity contribution is -0.130. The minimum absolute atomic E-state index is 0.0198. The topological polar surface area (TPSA) is 32.3 Å². The number of hydrogen-bond acceptors (Lipinski definition) is 3. The Morgan fingerprint density at radius 3 is 2.76 bits per heavy atom. The number of nitrogens with zero attached hydrogens (tertiary/aromatic N) is 1. The monoisotopic (exact) mass is 306 g/mol. The zero-order chi connectivity index (χ0) is 15.0. The van der Waals surface area contributed by atoms with Crippen molar-refractivity contribution in [2.24, 2.45) is 11.8 Å². The molecule has 1 saturated carbocycles. The second kappa shape index (κ2) is 6.09. The lowest BCUT2D eigenvalue weighted by Gasteiger charge is -2.23. The molecule has 3 rings (SSSR count). The standard InChI is InChI=1S/C17H26N2OS/c1-4-5-6-14-17(20)19(10-13-9-11(13)2)16(18-14)15-8-7-12(3)21-15/h7-8,11,13-14,16,18H,4-6,9-10H2,1-3H3. The highest BCUT2D eigenvalue weighted by molar-refractivity contribution is 7.12. The quantitative estimate of drug-likeness (QED) is 0.869. The molecule has 0 spiro atoms. The minimum Gasteiger partial charge on any atom is -0.320 e. The first kappa shape index (κ1) is 15.0. The first-order chi connectivity index (χ1) is 10.1. The average Bonchev–Trinajstić information content (AvgIpc) is 2.83. The molecular formula is C17H26N2OS. The van der Waals surface area contributed by atoms with Crippen LogP contribution in [0.3, 0.4) is 0 Å². The lowest BCUT2D eigenvalue weighted by atomic mass is 10.1. The van der Waals surface area contributed by atoms with E-state index in [1.54, 1.807) is 0 Å². The molecule has 4 heteroatoms. The van der Waals surface area contributed by atoms with Gasteiger partial charge in [-0.05, 0) is 43.7 Å². The Balaban J connectivity index is 1.75. The fourth-order valence-electron chi connectivity index (χ4n) is 3.23. The molecule has 0 radical (unpaired) electrons. The number of amides is 1. The van der Waals surface area contributed by atoms with Crippen LogP contribution in [0.4, 0.5) is 0 Å². The van der Waals surface area contributed by atoms with Gasteiger partial charge in [-0.3, -0.25) is 10.1 Å². The number of hydrogen-bond donors (Lipinski definition) is 1. The Hall–Kier alpha value is -0.870. The van der Waals surface area contributed by atoms with Crippen molar-refractivity contribution < 1.29 is 4.79 Å². The highest BCUT2D eigenvalue weighted by Crippen LogP contribution is 2.41. The highest BCUT2D eigenvalue weighted by atomic mass is 32.1. The normalized spacial score (nSPS) is 32.0. The van der Waals surface area contributed by atoms with E-state index in [1.165, 1.54) is 16.2 Å². The molecule has 1 saturated heterocycles. The van der Waals surface area contributed by atoms with E-state index >= 15 is 0 Å². The maximum Gasteiger partial charge on any atom is 0.241 e. The SMILES string of the molecule is CCCCC1NC(c2ccc(C)s2)N(CC2CC2C)C1=O.